The van der Waals surface area contributed by atoms with Crippen LogP contribution in [-0.2, 0) is 0 Å². The molecule has 0 aliphatic rings. The summed E-state index contributed by atoms with van der Waals surface area (Å²) in [6.45, 7) is 0. The van der Waals surface area contributed by atoms with Crippen LogP contribution in [0.2, 0.25) is 8.67 Å². The van der Waals surface area contributed by atoms with E-state index in [0.29, 0.717) is 19.2 Å². The molecule has 0 bridgehead atoms. The number of rotatable bonds is 2. The second-order valence-corrected chi connectivity index (χ2v) is 7.57. The fourth-order valence-corrected chi connectivity index (χ4v) is 4.76. The molecule has 2 heterocycles. The van der Waals surface area contributed by atoms with Gasteiger partial charge in [0.2, 0.25) is 0 Å². The van der Waals surface area contributed by atoms with Crippen molar-refractivity contribution in [1.29, 1.82) is 5.26 Å². The molecule has 104 valence electrons. The minimum atomic E-state index is 0.488. The lowest BCUT2D eigenvalue weighted by Gasteiger charge is -2.04. The molecule has 0 radical (unpaired) electrons. The number of anilines is 1. The topological polar surface area (TPSA) is 49.8 Å². The summed E-state index contributed by atoms with van der Waals surface area (Å²) in [6.07, 6.45) is 0. The van der Waals surface area contributed by atoms with Gasteiger partial charge < -0.3 is 5.73 Å². The van der Waals surface area contributed by atoms with Gasteiger partial charge in [-0.15, -0.1) is 22.7 Å². The summed E-state index contributed by atoms with van der Waals surface area (Å²) < 4.78 is 1.21. The number of halogens is 2. The van der Waals surface area contributed by atoms with Crippen LogP contribution in [0.4, 0.5) is 5.69 Å². The maximum atomic E-state index is 9.25. The summed E-state index contributed by atoms with van der Waals surface area (Å²) in [5.74, 6) is 0. The third-order valence-corrected chi connectivity index (χ3v) is 5.64. The second-order valence-electron chi connectivity index (χ2n) is 4.26. The average Bonchev–Trinajstić information content (AvgIpc) is 2.99. The van der Waals surface area contributed by atoms with E-state index in [1.165, 1.54) is 22.7 Å². The Morgan fingerprint density at radius 1 is 1.10 bits per heavy atom. The third kappa shape index (κ3) is 2.54. The number of hydrogen-bond donors (Lipinski definition) is 1. The molecular weight excluding hydrogens is 343 g/mol. The van der Waals surface area contributed by atoms with Crippen molar-refractivity contribution in [2.24, 2.45) is 0 Å². The third-order valence-electron chi connectivity index (χ3n) is 3.01. The molecule has 0 saturated heterocycles. The van der Waals surface area contributed by atoms with Gasteiger partial charge in [0, 0.05) is 16.0 Å². The molecule has 1 aromatic carbocycles. The first kappa shape index (κ1) is 14.4. The minimum absolute atomic E-state index is 0.488. The average molecular weight is 351 g/mol. The molecule has 0 amide bonds. The SMILES string of the molecule is N#Cc1sc(-c2cc(Cl)sc2Cl)c(-c2ccccc2)c1N. The molecule has 0 saturated carbocycles. The molecule has 2 nitrogen and oxygen atoms in total. The van der Waals surface area contributed by atoms with Crippen molar-refractivity contribution in [2.75, 3.05) is 5.73 Å². The largest absolute Gasteiger partial charge is 0.396 e. The summed E-state index contributed by atoms with van der Waals surface area (Å²) in [5.41, 5.74) is 9.27. The zero-order valence-corrected chi connectivity index (χ0v) is 13.7. The van der Waals surface area contributed by atoms with Crippen molar-refractivity contribution in [3.05, 3.63) is 49.9 Å². The summed E-state index contributed by atoms with van der Waals surface area (Å²) in [4.78, 5) is 1.37. The lowest BCUT2D eigenvalue weighted by atomic mass is 10.0. The summed E-state index contributed by atoms with van der Waals surface area (Å²) >= 11 is 14.9. The van der Waals surface area contributed by atoms with E-state index in [4.69, 9.17) is 28.9 Å². The number of nitriles is 1. The van der Waals surface area contributed by atoms with Crippen LogP contribution in [0.15, 0.2) is 36.4 Å². The first-order valence-corrected chi connectivity index (χ1v) is 8.33. The number of nitrogen functional groups attached to an aromatic ring is 1. The van der Waals surface area contributed by atoms with E-state index < -0.39 is 0 Å². The maximum Gasteiger partial charge on any atom is 0.129 e. The Morgan fingerprint density at radius 2 is 1.81 bits per heavy atom. The first-order chi connectivity index (χ1) is 10.1. The summed E-state index contributed by atoms with van der Waals surface area (Å²) in [7, 11) is 0. The van der Waals surface area contributed by atoms with Crippen LogP contribution in [0, 0.1) is 11.3 Å². The van der Waals surface area contributed by atoms with Crippen LogP contribution in [0.25, 0.3) is 21.6 Å². The number of thiophene rings is 2. The Bertz CT molecular complexity index is 845. The van der Waals surface area contributed by atoms with Crippen molar-refractivity contribution in [2.45, 2.75) is 0 Å². The lowest BCUT2D eigenvalue weighted by molar-refractivity contribution is 1.52. The zero-order chi connectivity index (χ0) is 15.0. The molecule has 0 atom stereocenters. The second kappa shape index (κ2) is 5.70. The van der Waals surface area contributed by atoms with Crippen LogP contribution in [0.3, 0.4) is 0 Å². The Morgan fingerprint density at radius 3 is 2.38 bits per heavy atom. The van der Waals surface area contributed by atoms with Gasteiger partial charge in [0.1, 0.15) is 15.3 Å². The molecule has 6 heteroatoms. The number of nitrogens with two attached hydrogens (primary N) is 1. The van der Waals surface area contributed by atoms with E-state index in [2.05, 4.69) is 6.07 Å². The van der Waals surface area contributed by atoms with Crippen molar-refractivity contribution < 1.29 is 0 Å². The van der Waals surface area contributed by atoms with E-state index in [1.54, 1.807) is 0 Å². The summed E-state index contributed by atoms with van der Waals surface area (Å²) in [6, 6.07) is 13.7. The Hall–Kier alpha value is -1.51. The molecule has 2 aromatic heterocycles. The molecule has 2 N–H and O–H groups in total. The fraction of sp³-hybridized carbons (Fsp3) is 0. The van der Waals surface area contributed by atoms with Gasteiger partial charge >= 0.3 is 0 Å². The van der Waals surface area contributed by atoms with E-state index in [1.807, 2.05) is 36.4 Å². The van der Waals surface area contributed by atoms with Gasteiger partial charge in [-0.25, -0.2) is 0 Å². The van der Waals surface area contributed by atoms with Gasteiger partial charge in [0.25, 0.3) is 0 Å². The van der Waals surface area contributed by atoms with Crippen molar-refractivity contribution in [3.63, 3.8) is 0 Å². The maximum absolute atomic E-state index is 9.25. The molecule has 0 fully saturated rings. The van der Waals surface area contributed by atoms with Crippen molar-refractivity contribution in [1.82, 2.24) is 0 Å². The highest BCUT2D eigenvalue weighted by Crippen LogP contribution is 2.49. The number of benzene rings is 1. The van der Waals surface area contributed by atoms with Crippen LogP contribution in [-0.4, -0.2) is 0 Å². The molecular formula is C15H8Cl2N2S2. The van der Waals surface area contributed by atoms with Gasteiger partial charge in [-0.05, 0) is 11.6 Å². The fourth-order valence-electron chi connectivity index (χ4n) is 2.10. The van der Waals surface area contributed by atoms with Gasteiger partial charge in [-0.1, -0.05) is 53.5 Å². The normalized spacial score (nSPS) is 10.5. The molecule has 21 heavy (non-hydrogen) atoms. The Balaban J connectivity index is 2.31. The standard InChI is InChI=1S/C15H8Cl2N2S2/c16-11-6-9(15(17)21-11)14-12(8-4-2-1-3-5-8)13(19)10(7-18)20-14/h1-6H,19H2. The van der Waals surface area contributed by atoms with Crippen LogP contribution in [0.1, 0.15) is 4.88 Å². The molecule has 0 aliphatic carbocycles. The number of nitrogens with zero attached hydrogens (tertiary/aromatic N) is 1. The van der Waals surface area contributed by atoms with Gasteiger partial charge in [0.15, 0.2) is 0 Å². The highest BCUT2D eigenvalue weighted by atomic mass is 35.5. The summed E-state index contributed by atoms with van der Waals surface area (Å²) in [5, 5.41) is 9.25. The van der Waals surface area contributed by atoms with Crippen LogP contribution < -0.4 is 5.73 Å². The molecule has 3 rings (SSSR count). The van der Waals surface area contributed by atoms with E-state index >= 15 is 0 Å². The number of hydrogen-bond acceptors (Lipinski definition) is 4. The van der Waals surface area contributed by atoms with Gasteiger partial charge in [-0.2, -0.15) is 5.26 Å². The van der Waals surface area contributed by atoms with Gasteiger partial charge in [0.05, 0.1) is 10.0 Å². The predicted octanol–water partition coefficient (Wildman–Crippen LogP) is 5.90. The zero-order valence-electron chi connectivity index (χ0n) is 10.6. The monoisotopic (exact) mass is 350 g/mol. The van der Waals surface area contributed by atoms with Crippen LogP contribution in [0.5, 0.6) is 0 Å². The molecule has 0 unspecified atom stereocenters. The minimum Gasteiger partial charge on any atom is -0.396 e. The quantitative estimate of drug-likeness (QED) is 0.624. The van der Waals surface area contributed by atoms with E-state index in [-0.39, 0.29) is 0 Å². The Labute approximate surface area is 140 Å². The van der Waals surface area contributed by atoms with Crippen molar-refractivity contribution in [3.8, 4) is 27.6 Å². The molecule has 3 aromatic rings. The highest BCUT2D eigenvalue weighted by molar-refractivity contribution is 7.22. The van der Waals surface area contributed by atoms with Crippen molar-refractivity contribution >= 4 is 51.6 Å². The van der Waals surface area contributed by atoms with E-state index in [0.717, 1.165) is 21.6 Å². The lowest BCUT2D eigenvalue weighted by Crippen LogP contribution is -1.89. The predicted molar refractivity (Wildman–Crippen MR) is 92.2 cm³/mol. The Kier molecular flexibility index (Phi) is 3.92. The highest BCUT2D eigenvalue weighted by Gasteiger charge is 2.21. The van der Waals surface area contributed by atoms with E-state index in [9.17, 15) is 5.26 Å². The molecule has 0 aliphatic heterocycles. The smallest absolute Gasteiger partial charge is 0.129 e. The van der Waals surface area contributed by atoms with Gasteiger partial charge in [-0.3, -0.25) is 0 Å². The molecule has 0 spiro atoms. The first-order valence-electron chi connectivity index (χ1n) is 5.94. The van der Waals surface area contributed by atoms with Crippen LogP contribution >= 0.6 is 45.9 Å².